The van der Waals surface area contributed by atoms with E-state index in [2.05, 4.69) is 51.8 Å². The molecule has 20 heavy (non-hydrogen) atoms. The molecule has 110 valence electrons. The van der Waals surface area contributed by atoms with E-state index in [9.17, 15) is 4.79 Å². The number of benzene rings is 1. The number of amides is 1. The van der Waals surface area contributed by atoms with Crippen LogP contribution in [-0.4, -0.2) is 22.9 Å². The minimum atomic E-state index is -0.0469. The van der Waals surface area contributed by atoms with Gasteiger partial charge < -0.3 is 10.6 Å². The number of carbonyl (C=O) groups excluding carboxylic acids is 1. The van der Waals surface area contributed by atoms with E-state index < -0.39 is 0 Å². The summed E-state index contributed by atoms with van der Waals surface area (Å²) in [4.78, 5) is 14.3. The molecule has 3 nitrogen and oxygen atoms in total. The lowest BCUT2D eigenvalue weighted by atomic mass is 9.95. The first-order valence-corrected chi connectivity index (χ1v) is 8.52. The van der Waals surface area contributed by atoms with Crippen molar-refractivity contribution >= 4 is 37.8 Å². The van der Waals surface area contributed by atoms with E-state index in [0.29, 0.717) is 6.42 Å². The van der Waals surface area contributed by atoms with Crippen LogP contribution in [0.5, 0.6) is 0 Å². The lowest BCUT2D eigenvalue weighted by Crippen LogP contribution is -2.45. The Morgan fingerprint density at radius 3 is 2.60 bits per heavy atom. The largest absolute Gasteiger partial charge is 0.332 e. The first-order chi connectivity index (χ1) is 9.41. The smallest absolute Gasteiger partial charge is 0.223 e. The Kier molecular flexibility index (Phi) is 5.26. The first-order valence-electron chi connectivity index (χ1n) is 6.93. The summed E-state index contributed by atoms with van der Waals surface area (Å²) in [6.07, 6.45) is 2.35. The lowest BCUT2D eigenvalue weighted by molar-refractivity contribution is -0.135. The maximum atomic E-state index is 12.4. The van der Waals surface area contributed by atoms with Gasteiger partial charge >= 0.3 is 0 Å². The second-order valence-electron chi connectivity index (χ2n) is 5.57. The van der Waals surface area contributed by atoms with Gasteiger partial charge in [-0.1, -0.05) is 6.07 Å². The summed E-state index contributed by atoms with van der Waals surface area (Å²) >= 11 is 7.01. The van der Waals surface area contributed by atoms with Crippen LogP contribution in [-0.2, 0) is 4.79 Å². The molecule has 0 saturated carbocycles. The van der Waals surface area contributed by atoms with Crippen LogP contribution in [0.25, 0.3) is 0 Å². The van der Waals surface area contributed by atoms with Gasteiger partial charge in [0.05, 0.1) is 6.04 Å². The molecule has 1 heterocycles. The molecule has 2 atom stereocenters. The standard InChI is InChI=1S/C15H20Br2N2O/c1-9(2)19-14(20)5-3-4-13(18)15(19)10-6-7-11(16)12(17)8-10/h6-9,13,15H,3-5,18H2,1-2H3. The highest BCUT2D eigenvalue weighted by atomic mass is 79.9. The molecular formula is C15H20Br2N2O. The normalized spacial score (nSPS) is 24.1. The van der Waals surface area contributed by atoms with Gasteiger partial charge in [-0.15, -0.1) is 0 Å². The quantitative estimate of drug-likeness (QED) is 0.810. The minimum Gasteiger partial charge on any atom is -0.332 e. The second kappa shape index (κ2) is 6.58. The van der Waals surface area contributed by atoms with Crippen molar-refractivity contribution in [3.8, 4) is 0 Å². The molecule has 1 aromatic carbocycles. The van der Waals surface area contributed by atoms with Crippen LogP contribution in [0.4, 0.5) is 0 Å². The number of likely N-dealkylation sites (tertiary alicyclic amines) is 1. The van der Waals surface area contributed by atoms with Crippen molar-refractivity contribution in [1.82, 2.24) is 4.90 Å². The summed E-state index contributed by atoms with van der Waals surface area (Å²) in [6, 6.07) is 6.20. The molecule has 0 aromatic heterocycles. The zero-order valence-corrected chi connectivity index (χ0v) is 14.9. The first kappa shape index (κ1) is 16.0. The molecule has 1 aliphatic heterocycles. The van der Waals surface area contributed by atoms with Crippen LogP contribution in [0.1, 0.15) is 44.7 Å². The minimum absolute atomic E-state index is 0.0167. The average Bonchev–Trinajstić information content (AvgIpc) is 2.52. The molecule has 5 heteroatoms. The van der Waals surface area contributed by atoms with Crippen molar-refractivity contribution in [3.05, 3.63) is 32.7 Å². The average molecular weight is 404 g/mol. The van der Waals surface area contributed by atoms with E-state index >= 15 is 0 Å². The van der Waals surface area contributed by atoms with Gasteiger partial charge in [-0.05, 0) is 76.2 Å². The Bertz CT molecular complexity index is 505. The zero-order valence-electron chi connectivity index (χ0n) is 11.8. The molecule has 2 rings (SSSR count). The van der Waals surface area contributed by atoms with Gasteiger partial charge in [0.2, 0.25) is 5.91 Å². The van der Waals surface area contributed by atoms with E-state index in [1.807, 2.05) is 17.0 Å². The topological polar surface area (TPSA) is 46.3 Å². The SMILES string of the molecule is CC(C)N1C(=O)CCCC(N)C1c1ccc(Br)c(Br)c1. The fourth-order valence-electron chi connectivity index (χ4n) is 2.85. The third-order valence-corrected chi connectivity index (χ3v) is 5.64. The number of hydrogen-bond donors (Lipinski definition) is 1. The van der Waals surface area contributed by atoms with E-state index in [1.54, 1.807) is 0 Å². The predicted octanol–water partition coefficient (Wildman–Crippen LogP) is 4.00. The lowest BCUT2D eigenvalue weighted by Gasteiger charge is -2.37. The maximum Gasteiger partial charge on any atom is 0.223 e. The molecule has 0 spiro atoms. The molecule has 0 aliphatic carbocycles. The van der Waals surface area contributed by atoms with Gasteiger partial charge in [0, 0.05) is 27.4 Å². The van der Waals surface area contributed by atoms with Gasteiger partial charge in [-0.2, -0.15) is 0 Å². The number of halogens is 2. The van der Waals surface area contributed by atoms with Crippen molar-refractivity contribution in [2.24, 2.45) is 5.73 Å². The fraction of sp³-hybridized carbons (Fsp3) is 0.533. The molecule has 1 aromatic rings. The molecule has 1 fully saturated rings. The van der Waals surface area contributed by atoms with Gasteiger partial charge in [-0.25, -0.2) is 0 Å². The molecule has 2 N–H and O–H groups in total. The number of hydrogen-bond acceptors (Lipinski definition) is 2. The van der Waals surface area contributed by atoms with Crippen molar-refractivity contribution in [1.29, 1.82) is 0 Å². The molecule has 1 aliphatic rings. The number of rotatable bonds is 2. The fourth-order valence-corrected chi connectivity index (χ4v) is 3.49. The summed E-state index contributed by atoms with van der Waals surface area (Å²) in [5, 5.41) is 0. The molecule has 2 unspecified atom stereocenters. The molecular weight excluding hydrogens is 384 g/mol. The van der Waals surface area contributed by atoms with Gasteiger partial charge in [-0.3, -0.25) is 4.79 Å². The summed E-state index contributed by atoms with van der Waals surface area (Å²) in [5.41, 5.74) is 7.46. The van der Waals surface area contributed by atoms with Gasteiger partial charge in [0.1, 0.15) is 0 Å². The van der Waals surface area contributed by atoms with Crippen LogP contribution in [0.15, 0.2) is 27.1 Å². The predicted molar refractivity (Wildman–Crippen MR) is 88.4 cm³/mol. The van der Waals surface area contributed by atoms with E-state index in [4.69, 9.17) is 5.73 Å². The molecule has 0 radical (unpaired) electrons. The summed E-state index contributed by atoms with van der Waals surface area (Å²) in [7, 11) is 0. The number of nitrogens with two attached hydrogens (primary N) is 1. The Labute approximate surface area is 137 Å². The van der Waals surface area contributed by atoms with E-state index in [1.165, 1.54) is 0 Å². The molecule has 1 saturated heterocycles. The highest BCUT2D eigenvalue weighted by Gasteiger charge is 2.34. The maximum absolute atomic E-state index is 12.4. The molecule has 1 amide bonds. The third kappa shape index (κ3) is 3.26. The third-order valence-electron chi connectivity index (χ3n) is 3.76. The Morgan fingerprint density at radius 2 is 2.00 bits per heavy atom. The summed E-state index contributed by atoms with van der Waals surface area (Å²) < 4.78 is 1.99. The van der Waals surface area contributed by atoms with Crippen LogP contribution >= 0.6 is 31.9 Å². The van der Waals surface area contributed by atoms with Crippen molar-refractivity contribution in [2.75, 3.05) is 0 Å². The number of nitrogens with zero attached hydrogens (tertiary/aromatic N) is 1. The summed E-state index contributed by atoms with van der Waals surface area (Å²) in [6.45, 7) is 4.10. The van der Waals surface area contributed by atoms with Crippen molar-refractivity contribution in [3.63, 3.8) is 0 Å². The summed E-state index contributed by atoms with van der Waals surface area (Å²) in [5.74, 6) is 0.206. The second-order valence-corrected chi connectivity index (χ2v) is 7.28. The van der Waals surface area contributed by atoms with Crippen molar-refractivity contribution < 1.29 is 4.79 Å². The van der Waals surface area contributed by atoms with Gasteiger partial charge in [0.25, 0.3) is 0 Å². The Morgan fingerprint density at radius 1 is 1.30 bits per heavy atom. The van der Waals surface area contributed by atoms with E-state index in [0.717, 1.165) is 27.4 Å². The Hall–Kier alpha value is -0.390. The van der Waals surface area contributed by atoms with Crippen LogP contribution in [0.2, 0.25) is 0 Å². The monoisotopic (exact) mass is 402 g/mol. The molecule has 0 bridgehead atoms. The van der Waals surface area contributed by atoms with Crippen molar-refractivity contribution in [2.45, 2.75) is 51.2 Å². The highest BCUT2D eigenvalue weighted by molar-refractivity contribution is 9.13. The van der Waals surface area contributed by atoms with E-state index in [-0.39, 0.29) is 24.0 Å². The Balaban J connectivity index is 2.45. The van der Waals surface area contributed by atoms with Crippen LogP contribution < -0.4 is 5.73 Å². The van der Waals surface area contributed by atoms with Crippen LogP contribution in [0, 0.1) is 0 Å². The van der Waals surface area contributed by atoms with Gasteiger partial charge in [0.15, 0.2) is 0 Å². The highest BCUT2D eigenvalue weighted by Crippen LogP contribution is 2.34. The zero-order chi connectivity index (χ0) is 14.9. The number of carbonyl (C=O) groups is 1. The van der Waals surface area contributed by atoms with Crippen LogP contribution in [0.3, 0.4) is 0 Å².